The van der Waals surface area contributed by atoms with Gasteiger partial charge in [-0.05, 0) is 26.3 Å². The second-order valence-electron chi connectivity index (χ2n) is 4.50. The topological polar surface area (TPSA) is 59.0 Å². The molecule has 0 aromatic carbocycles. The van der Waals surface area contributed by atoms with Gasteiger partial charge in [-0.2, -0.15) is 0 Å². The van der Waals surface area contributed by atoms with Gasteiger partial charge in [0.15, 0.2) is 0 Å². The molecule has 1 fully saturated rings. The Kier molecular flexibility index (Phi) is 4.14. The summed E-state index contributed by atoms with van der Waals surface area (Å²) in [4.78, 5) is 15.9. The molecule has 5 heteroatoms. The standard InChI is InChI=1S/C12H20N4O/c1-10-14-6-8-16(10)7-2-4-15-12(17)11-3-5-13-9-11/h6,8,11,13H,2-5,7,9H2,1H3,(H,15,17). The van der Waals surface area contributed by atoms with E-state index in [1.54, 1.807) is 6.20 Å². The Bertz CT molecular complexity index is 368. The molecule has 1 unspecified atom stereocenters. The molecule has 0 saturated carbocycles. The van der Waals surface area contributed by atoms with E-state index in [-0.39, 0.29) is 11.8 Å². The lowest BCUT2D eigenvalue weighted by Gasteiger charge is -2.10. The Labute approximate surface area is 102 Å². The lowest BCUT2D eigenvalue weighted by molar-refractivity contribution is -0.124. The van der Waals surface area contributed by atoms with Crippen LogP contribution < -0.4 is 10.6 Å². The van der Waals surface area contributed by atoms with Gasteiger partial charge in [-0.3, -0.25) is 4.79 Å². The van der Waals surface area contributed by atoms with Crippen molar-refractivity contribution in [1.29, 1.82) is 0 Å². The minimum absolute atomic E-state index is 0.171. The van der Waals surface area contributed by atoms with Crippen LogP contribution in [0.1, 0.15) is 18.7 Å². The Morgan fingerprint density at radius 2 is 2.59 bits per heavy atom. The van der Waals surface area contributed by atoms with Gasteiger partial charge in [0.1, 0.15) is 5.82 Å². The maximum atomic E-state index is 11.7. The Hall–Kier alpha value is -1.36. The molecule has 1 aromatic heterocycles. The van der Waals surface area contributed by atoms with E-state index < -0.39 is 0 Å². The largest absolute Gasteiger partial charge is 0.356 e. The molecule has 5 nitrogen and oxygen atoms in total. The molecule has 0 radical (unpaired) electrons. The molecule has 2 rings (SSSR count). The van der Waals surface area contributed by atoms with Crippen molar-refractivity contribution in [3.63, 3.8) is 0 Å². The fourth-order valence-corrected chi connectivity index (χ4v) is 2.12. The molecule has 1 aliphatic rings. The van der Waals surface area contributed by atoms with Crippen molar-refractivity contribution in [2.75, 3.05) is 19.6 Å². The summed E-state index contributed by atoms with van der Waals surface area (Å²) >= 11 is 0. The van der Waals surface area contributed by atoms with Crippen LogP contribution in [0.4, 0.5) is 0 Å². The number of amides is 1. The molecule has 1 atom stereocenters. The molecule has 2 heterocycles. The van der Waals surface area contributed by atoms with Crippen molar-refractivity contribution in [2.45, 2.75) is 26.3 Å². The van der Waals surface area contributed by atoms with Crippen LogP contribution in [-0.4, -0.2) is 35.1 Å². The average molecular weight is 236 g/mol. The van der Waals surface area contributed by atoms with Gasteiger partial charge >= 0.3 is 0 Å². The van der Waals surface area contributed by atoms with Crippen molar-refractivity contribution in [3.8, 4) is 0 Å². The minimum Gasteiger partial charge on any atom is -0.356 e. The molecule has 1 aliphatic heterocycles. The maximum Gasteiger partial charge on any atom is 0.224 e. The first kappa shape index (κ1) is 12.1. The molecule has 0 aliphatic carbocycles. The Balaban J connectivity index is 1.63. The van der Waals surface area contributed by atoms with Crippen LogP contribution in [0.25, 0.3) is 0 Å². The first-order chi connectivity index (χ1) is 8.27. The number of carbonyl (C=O) groups is 1. The number of aryl methyl sites for hydroxylation is 2. The van der Waals surface area contributed by atoms with Gasteiger partial charge in [-0.25, -0.2) is 4.98 Å². The number of hydrogen-bond donors (Lipinski definition) is 2. The van der Waals surface area contributed by atoms with E-state index in [9.17, 15) is 4.79 Å². The van der Waals surface area contributed by atoms with Crippen molar-refractivity contribution in [3.05, 3.63) is 18.2 Å². The third-order valence-electron chi connectivity index (χ3n) is 3.23. The second kappa shape index (κ2) is 5.82. The van der Waals surface area contributed by atoms with E-state index in [4.69, 9.17) is 0 Å². The number of hydrogen-bond acceptors (Lipinski definition) is 3. The van der Waals surface area contributed by atoms with Gasteiger partial charge in [-0.1, -0.05) is 0 Å². The van der Waals surface area contributed by atoms with Crippen LogP contribution >= 0.6 is 0 Å². The third kappa shape index (κ3) is 3.30. The lowest BCUT2D eigenvalue weighted by atomic mass is 10.1. The SMILES string of the molecule is Cc1nccn1CCCNC(=O)C1CCNC1. The smallest absolute Gasteiger partial charge is 0.224 e. The van der Waals surface area contributed by atoms with Crippen molar-refractivity contribution in [2.24, 2.45) is 5.92 Å². The van der Waals surface area contributed by atoms with Crippen LogP contribution in [0.3, 0.4) is 0 Å². The van der Waals surface area contributed by atoms with Crippen molar-refractivity contribution < 1.29 is 4.79 Å². The van der Waals surface area contributed by atoms with E-state index >= 15 is 0 Å². The summed E-state index contributed by atoms with van der Waals surface area (Å²) in [5.41, 5.74) is 0. The lowest BCUT2D eigenvalue weighted by Crippen LogP contribution is -2.32. The third-order valence-corrected chi connectivity index (χ3v) is 3.23. The van der Waals surface area contributed by atoms with Crippen LogP contribution in [0, 0.1) is 12.8 Å². The van der Waals surface area contributed by atoms with E-state index in [1.165, 1.54) is 0 Å². The molecule has 0 bridgehead atoms. The number of nitrogens with zero attached hydrogens (tertiary/aromatic N) is 2. The van der Waals surface area contributed by atoms with Gasteiger partial charge in [-0.15, -0.1) is 0 Å². The van der Waals surface area contributed by atoms with Crippen LogP contribution in [0.15, 0.2) is 12.4 Å². The number of rotatable bonds is 5. The van der Waals surface area contributed by atoms with Gasteiger partial charge in [0.2, 0.25) is 5.91 Å². The number of aromatic nitrogens is 2. The highest BCUT2D eigenvalue weighted by molar-refractivity contribution is 5.79. The molecular weight excluding hydrogens is 216 g/mol. The van der Waals surface area contributed by atoms with Crippen molar-refractivity contribution >= 4 is 5.91 Å². The highest BCUT2D eigenvalue weighted by Crippen LogP contribution is 2.06. The highest BCUT2D eigenvalue weighted by atomic mass is 16.1. The summed E-state index contributed by atoms with van der Waals surface area (Å²) in [5, 5.41) is 6.19. The maximum absolute atomic E-state index is 11.7. The first-order valence-corrected chi connectivity index (χ1v) is 6.23. The fourth-order valence-electron chi connectivity index (χ4n) is 2.12. The van der Waals surface area contributed by atoms with E-state index in [1.807, 2.05) is 13.1 Å². The molecular formula is C12H20N4O. The molecule has 2 N–H and O–H groups in total. The Morgan fingerprint density at radius 1 is 1.71 bits per heavy atom. The zero-order valence-corrected chi connectivity index (χ0v) is 10.3. The zero-order valence-electron chi connectivity index (χ0n) is 10.3. The van der Waals surface area contributed by atoms with Crippen LogP contribution in [0.5, 0.6) is 0 Å². The summed E-state index contributed by atoms with van der Waals surface area (Å²) in [7, 11) is 0. The van der Waals surface area contributed by atoms with Crippen molar-refractivity contribution in [1.82, 2.24) is 20.2 Å². The Morgan fingerprint density at radius 3 is 3.24 bits per heavy atom. The van der Waals surface area contributed by atoms with Gasteiger partial charge in [0.25, 0.3) is 0 Å². The van der Waals surface area contributed by atoms with Crippen LogP contribution in [-0.2, 0) is 11.3 Å². The van der Waals surface area contributed by atoms with Gasteiger partial charge < -0.3 is 15.2 Å². The molecule has 1 aromatic rings. The highest BCUT2D eigenvalue weighted by Gasteiger charge is 2.21. The normalized spacial score (nSPS) is 19.5. The van der Waals surface area contributed by atoms with E-state index in [2.05, 4.69) is 20.2 Å². The number of imidazole rings is 1. The monoisotopic (exact) mass is 236 g/mol. The summed E-state index contributed by atoms with van der Waals surface area (Å²) in [6.07, 6.45) is 5.69. The van der Waals surface area contributed by atoms with E-state index in [0.29, 0.717) is 0 Å². The summed E-state index contributed by atoms with van der Waals surface area (Å²) in [6.45, 7) is 5.43. The average Bonchev–Trinajstić information content (AvgIpc) is 2.96. The molecule has 1 amide bonds. The van der Waals surface area contributed by atoms with E-state index in [0.717, 1.165) is 44.8 Å². The summed E-state index contributed by atoms with van der Waals surface area (Å²) in [5.74, 6) is 1.39. The summed E-state index contributed by atoms with van der Waals surface area (Å²) < 4.78 is 2.10. The first-order valence-electron chi connectivity index (χ1n) is 6.23. The van der Waals surface area contributed by atoms with Gasteiger partial charge in [0.05, 0.1) is 5.92 Å². The van der Waals surface area contributed by atoms with Gasteiger partial charge in [0, 0.05) is 32.0 Å². The fraction of sp³-hybridized carbons (Fsp3) is 0.667. The molecule has 17 heavy (non-hydrogen) atoms. The molecule has 1 saturated heterocycles. The minimum atomic E-state index is 0.171. The predicted molar refractivity (Wildman–Crippen MR) is 65.6 cm³/mol. The molecule has 94 valence electrons. The second-order valence-corrected chi connectivity index (χ2v) is 4.50. The number of carbonyl (C=O) groups excluding carboxylic acids is 1. The molecule has 0 spiro atoms. The van der Waals surface area contributed by atoms with Crippen LogP contribution in [0.2, 0.25) is 0 Å². The predicted octanol–water partition coefficient (Wildman–Crippen LogP) is 0.307. The number of nitrogens with one attached hydrogen (secondary N) is 2. The zero-order chi connectivity index (χ0) is 12.1. The quantitative estimate of drug-likeness (QED) is 0.723. The summed E-state index contributed by atoms with van der Waals surface area (Å²) in [6, 6.07) is 0.